The minimum absolute atomic E-state index is 0.0970. The lowest BCUT2D eigenvalue weighted by atomic mass is 10.0. The summed E-state index contributed by atoms with van der Waals surface area (Å²) in [6.07, 6.45) is 0.852. The number of pyridine rings is 1. The molecule has 0 aliphatic heterocycles. The van der Waals surface area contributed by atoms with E-state index in [4.69, 9.17) is 4.98 Å². The third kappa shape index (κ3) is 3.23. The number of hydrogen-bond acceptors (Lipinski definition) is 3. The van der Waals surface area contributed by atoms with E-state index in [1.54, 1.807) is 21.3 Å². The molecule has 5 nitrogen and oxygen atoms in total. The van der Waals surface area contributed by atoms with Crippen LogP contribution in [0.3, 0.4) is 0 Å². The normalized spacial score (nSPS) is 11.3. The lowest BCUT2D eigenvalue weighted by Crippen LogP contribution is -2.24. The first kappa shape index (κ1) is 19.9. The van der Waals surface area contributed by atoms with E-state index in [0.717, 1.165) is 22.9 Å². The van der Waals surface area contributed by atoms with Crippen molar-refractivity contribution in [1.82, 2.24) is 14.1 Å². The van der Waals surface area contributed by atoms with Crippen LogP contribution in [0.2, 0.25) is 0 Å². The largest absolute Gasteiger partial charge is 0.308 e. The molecule has 3 aromatic carbocycles. The zero-order valence-corrected chi connectivity index (χ0v) is 18.1. The van der Waals surface area contributed by atoms with Crippen molar-refractivity contribution < 1.29 is 0 Å². The van der Waals surface area contributed by atoms with Crippen LogP contribution in [-0.4, -0.2) is 14.1 Å². The van der Waals surface area contributed by atoms with E-state index in [0.29, 0.717) is 34.5 Å². The number of aromatic nitrogens is 3. The minimum Gasteiger partial charge on any atom is -0.308 e. The molecule has 5 aromatic rings. The predicted octanol–water partition coefficient (Wildman–Crippen LogP) is 5.09. The van der Waals surface area contributed by atoms with Gasteiger partial charge in [-0.25, -0.2) is 4.98 Å². The molecule has 0 aliphatic rings. The second kappa shape index (κ2) is 7.93. The SMILES string of the molecule is CCCn1c(=O)cc(-c2nc3ccccc3c(=O)n2-c2ccccc2)c2cc(C)ccc21. The Kier molecular flexibility index (Phi) is 4.94. The Hall–Kier alpha value is -3.99. The summed E-state index contributed by atoms with van der Waals surface area (Å²) < 4.78 is 3.41. The fourth-order valence-corrected chi connectivity index (χ4v) is 4.27. The van der Waals surface area contributed by atoms with Gasteiger partial charge in [0, 0.05) is 23.6 Å². The molecule has 2 aromatic heterocycles. The van der Waals surface area contributed by atoms with Crippen molar-refractivity contribution >= 4 is 21.8 Å². The molecule has 5 heteroatoms. The summed E-state index contributed by atoms with van der Waals surface area (Å²) in [5.41, 5.74) is 3.66. The summed E-state index contributed by atoms with van der Waals surface area (Å²) in [7, 11) is 0. The first-order chi connectivity index (χ1) is 15.6. The average molecular weight is 422 g/mol. The molecule has 0 radical (unpaired) electrons. The summed E-state index contributed by atoms with van der Waals surface area (Å²) in [5.74, 6) is 0.469. The fraction of sp³-hybridized carbons (Fsp3) is 0.148. The van der Waals surface area contributed by atoms with Crippen molar-refractivity contribution in [3.05, 3.63) is 105 Å². The van der Waals surface area contributed by atoms with Crippen LogP contribution < -0.4 is 11.1 Å². The predicted molar refractivity (Wildman–Crippen MR) is 130 cm³/mol. The quantitative estimate of drug-likeness (QED) is 0.406. The van der Waals surface area contributed by atoms with Gasteiger partial charge in [-0.3, -0.25) is 14.2 Å². The molecule has 5 rings (SSSR count). The number of hydrogen-bond donors (Lipinski definition) is 0. The summed E-state index contributed by atoms with van der Waals surface area (Å²) in [6.45, 7) is 4.71. The number of benzene rings is 3. The maximum Gasteiger partial charge on any atom is 0.266 e. The molecule has 0 atom stereocenters. The molecule has 2 heterocycles. The van der Waals surface area contributed by atoms with Crippen LogP contribution in [0.4, 0.5) is 0 Å². The van der Waals surface area contributed by atoms with E-state index in [1.165, 1.54) is 0 Å². The van der Waals surface area contributed by atoms with Gasteiger partial charge in [-0.2, -0.15) is 0 Å². The Morgan fingerprint density at radius 1 is 0.844 bits per heavy atom. The molecule has 0 aliphatic carbocycles. The molecule has 0 fully saturated rings. The Bertz CT molecular complexity index is 1580. The lowest BCUT2D eigenvalue weighted by Gasteiger charge is -2.17. The van der Waals surface area contributed by atoms with Crippen molar-refractivity contribution in [2.45, 2.75) is 26.8 Å². The minimum atomic E-state index is -0.157. The number of nitrogens with zero attached hydrogens (tertiary/aromatic N) is 3. The van der Waals surface area contributed by atoms with Gasteiger partial charge >= 0.3 is 0 Å². The number of fused-ring (bicyclic) bond motifs is 2. The highest BCUT2D eigenvalue weighted by atomic mass is 16.1. The zero-order valence-electron chi connectivity index (χ0n) is 18.1. The molecule has 32 heavy (non-hydrogen) atoms. The summed E-state index contributed by atoms with van der Waals surface area (Å²) in [5, 5.41) is 1.45. The molecule has 0 spiro atoms. The van der Waals surface area contributed by atoms with E-state index in [9.17, 15) is 9.59 Å². The van der Waals surface area contributed by atoms with Crippen LogP contribution in [0.25, 0.3) is 38.9 Å². The van der Waals surface area contributed by atoms with Crippen molar-refractivity contribution in [2.75, 3.05) is 0 Å². The molecule has 0 bridgehead atoms. The third-order valence-corrected chi connectivity index (χ3v) is 5.75. The molecule has 0 saturated carbocycles. The Morgan fingerprint density at radius 3 is 2.38 bits per heavy atom. The van der Waals surface area contributed by atoms with E-state index >= 15 is 0 Å². The Morgan fingerprint density at radius 2 is 1.59 bits per heavy atom. The molecular weight excluding hydrogens is 398 g/mol. The third-order valence-electron chi connectivity index (χ3n) is 5.75. The van der Waals surface area contributed by atoms with Crippen LogP contribution in [0.5, 0.6) is 0 Å². The van der Waals surface area contributed by atoms with Crippen LogP contribution >= 0.6 is 0 Å². The molecule has 158 valence electrons. The van der Waals surface area contributed by atoms with Gasteiger partial charge in [-0.05, 0) is 49.7 Å². The van der Waals surface area contributed by atoms with Crippen molar-refractivity contribution in [1.29, 1.82) is 0 Å². The van der Waals surface area contributed by atoms with Crippen LogP contribution in [0, 0.1) is 6.92 Å². The fourth-order valence-electron chi connectivity index (χ4n) is 4.27. The first-order valence-corrected chi connectivity index (χ1v) is 10.8. The average Bonchev–Trinajstić information content (AvgIpc) is 2.81. The van der Waals surface area contributed by atoms with E-state index in [-0.39, 0.29) is 11.1 Å². The van der Waals surface area contributed by atoms with Crippen LogP contribution in [0.15, 0.2) is 88.5 Å². The van der Waals surface area contributed by atoms with Gasteiger partial charge < -0.3 is 4.57 Å². The van der Waals surface area contributed by atoms with E-state index in [2.05, 4.69) is 13.0 Å². The van der Waals surface area contributed by atoms with Gasteiger partial charge in [0.25, 0.3) is 11.1 Å². The highest BCUT2D eigenvalue weighted by Crippen LogP contribution is 2.29. The lowest BCUT2D eigenvalue weighted by molar-refractivity contribution is 0.678. The monoisotopic (exact) mass is 421 g/mol. The van der Waals surface area contributed by atoms with Crippen molar-refractivity contribution in [3.8, 4) is 17.1 Å². The van der Waals surface area contributed by atoms with Crippen molar-refractivity contribution in [3.63, 3.8) is 0 Å². The van der Waals surface area contributed by atoms with Gasteiger partial charge in [0.2, 0.25) is 0 Å². The number of para-hydroxylation sites is 2. The van der Waals surface area contributed by atoms with E-state index in [1.807, 2.05) is 67.6 Å². The maximum atomic E-state index is 13.6. The smallest absolute Gasteiger partial charge is 0.266 e. The topological polar surface area (TPSA) is 56.9 Å². The zero-order chi connectivity index (χ0) is 22.2. The first-order valence-electron chi connectivity index (χ1n) is 10.8. The molecular formula is C27H23N3O2. The standard InChI is InChI=1S/C27H23N3O2/c1-3-15-29-24-14-13-18(2)16-21(24)22(17-25(29)31)26-28-23-12-8-7-11-20(23)27(32)30(26)19-9-5-4-6-10-19/h4-14,16-17H,3,15H2,1-2H3. The Balaban J connectivity index is 1.96. The van der Waals surface area contributed by atoms with E-state index < -0.39 is 0 Å². The van der Waals surface area contributed by atoms with Gasteiger partial charge in [0.1, 0.15) is 5.82 Å². The summed E-state index contributed by atoms with van der Waals surface area (Å²) >= 11 is 0. The number of aryl methyl sites for hydroxylation is 2. The van der Waals surface area contributed by atoms with Gasteiger partial charge in [0.15, 0.2) is 0 Å². The summed E-state index contributed by atoms with van der Waals surface area (Å²) in [6, 6.07) is 24.5. The van der Waals surface area contributed by atoms with Crippen LogP contribution in [0.1, 0.15) is 18.9 Å². The maximum absolute atomic E-state index is 13.6. The van der Waals surface area contributed by atoms with Crippen LogP contribution in [-0.2, 0) is 6.54 Å². The summed E-state index contributed by atoms with van der Waals surface area (Å²) in [4.78, 5) is 31.7. The molecule has 0 N–H and O–H groups in total. The second-order valence-electron chi connectivity index (χ2n) is 8.00. The number of rotatable bonds is 4. The molecule has 0 amide bonds. The van der Waals surface area contributed by atoms with Gasteiger partial charge in [-0.15, -0.1) is 0 Å². The highest BCUT2D eigenvalue weighted by Gasteiger charge is 2.18. The highest BCUT2D eigenvalue weighted by molar-refractivity contribution is 5.95. The molecule has 0 saturated heterocycles. The van der Waals surface area contributed by atoms with Crippen molar-refractivity contribution in [2.24, 2.45) is 0 Å². The van der Waals surface area contributed by atoms with Gasteiger partial charge in [-0.1, -0.05) is 48.9 Å². The Labute approximate surface area is 185 Å². The van der Waals surface area contributed by atoms with Gasteiger partial charge in [0.05, 0.1) is 22.1 Å². The molecule has 0 unspecified atom stereocenters. The second-order valence-corrected chi connectivity index (χ2v) is 8.00.